The van der Waals surface area contributed by atoms with Crippen LogP contribution in [0.25, 0.3) is 0 Å². The van der Waals surface area contributed by atoms with Crippen molar-refractivity contribution >= 4 is 21.6 Å². The van der Waals surface area contributed by atoms with Gasteiger partial charge in [-0.3, -0.25) is 9.52 Å². The van der Waals surface area contributed by atoms with Crippen molar-refractivity contribution in [3.05, 3.63) is 89.0 Å². The van der Waals surface area contributed by atoms with Gasteiger partial charge in [0.2, 0.25) is 0 Å². The number of aryl methyl sites for hydroxylation is 2. The minimum absolute atomic E-state index is 0.166. The van der Waals surface area contributed by atoms with E-state index < -0.39 is 10.0 Å². The fraction of sp³-hybridized carbons (Fsp3) is 0.240. The molecule has 1 amide bonds. The third-order valence-electron chi connectivity index (χ3n) is 5.24. The molecule has 1 atom stereocenters. The van der Waals surface area contributed by atoms with E-state index in [1.807, 2.05) is 39.0 Å². The minimum atomic E-state index is -3.75. The molecule has 6 nitrogen and oxygen atoms in total. The molecule has 3 aromatic rings. The van der Waals surface area contributed by atoms with Gasteiger partial charge in [0.25, 0.3) is 15.9 Å². The van der Waals surface area contributed by atoms with Crippen LogP contribution in [0.4, 0.5) is 5.69 Å². The normalized spacial score (nSPS) is 12.1. The topological polar surface area (TPSA) is 84.5 Å². The Labute approximate surface area is 189 Å². The van der Waals surface area contributed by atoms with Crippen molar-refractivity contribution in [3.8, 4) is 5.75 Å². The fourth-order valence-corrected chi connectivity index (χ4v) is 4.49. The summed E-state index contributed by atoms with van der Waals surface area (Å²) in [5.41, 5.74) is 3.64. The highest BCUT2D eigenvalue weighted by atomic mass is 32.2. The van der Waals surface area contributed by atoms with Gasteiger partial charge in [0.05, 0.1) is 18.0 Å². The first-order valence-electron chi connectivity index (χ1n) is 10.4. The lowest BCUT2D eigenvalue weighted by atomic mass is 10.0. The Hall–Kier alpha value is -3.32. The number of carbonyl (C=O) groups is 1. The summed E-state index contributed by atoms with van der Waals surface area (Å²) in [6.45, 7) is 5.85. The van der Waals surface area contributed by atoms with Crippen molar-refractivity contribution in [2.75, 3.05) is 11.8 Å². The fourth-order valence-electron chi connectivity index (χ4n) is 3.44. The summed E-state index contributed by atoms with van der Waals surface area (Å²) >= 11 is 0. The predicted octanol–water partition coefficient (Wildman–Crippen LogP) is 4.99. The van der Waals surface area contributed by atoms with E-state index >= 15 is 0 Å². The van der Waals surface area contributed by atoms with Gasteiger partial charge in [-0.15, -0.1) is 0 Å². The lowest BCUT2D eigenvalue weighted by Crippen LogP contribution is -2.28. The molecular weight excluding hydrogens is 424 g/mol. The Bertz CT molecular complexity index is 1200. The van der Waals surface area contributed by atoms with Gasteiger partial charge in [-0.1, -0.05) is 42.8 Å². The van der Waals surface area contributed by atoms with Gasteiger partial charge in [-0.05, 0) is 67.8 Å². The molecule has 0 unspecified atom stereocenters. The molecule has 0 aromatic heterocycles. The van der Waals surface area contributed by atoms with Crippen LogP contribution in [0, 0.1) is 13.8 Å². The Morgan fingerprint density at radius 3 is 2.34 bits per heavy atom. The number of amides is 1. The SMILES string of the molecule is CC[C@H](NC(=O)c1cccc(NS(=O)(=O)c2ccc(C)cc2)c1)c1ccc(OC)c(C)c1. The molecule has 0 saturated carbocycles. The van der Waals surface area contributed by atoms with Gasteiger partial charge in [0.1, 0.15) is 5.75 Å². The summed E-state index contributed by atoms with van der Waals surface area (Å²) < 4.78 is 33.2. The van der Waals surface area contributed by atoms with E-state index in [2.05, 4.69) is 10.0 Å². The Balaban J connectivity index is 1.77. The summed E-state index contributed by atoms with van der Waals surface area (Å²) in [4.78, 5) is 13.1. The first-order valence-corrected chi connectivity index (χ1v) is 11.9. The van der Waals surface area contributed by atoms with Crippen LogP contribution in [0.5, 0.6) is 5.75 Å². The number of anilines is 1. The number of carbonyl (C=O) groups excluding carboxylic acids is 1. The summed E-state index contributed by atoms with van der Waals surface area (Å²) in [6.07, 6.45) is 0.706. The van der Waals surface area contributed by atoms with E-state index in [1.54, 1.807) is 49.6 Å². The van der Waals surface area contributed by atoms with E-state index in [0.717, 1.165) is 22.4 Å². The molecule has 168 valence electrons. The molecule has 32 heavy (non-hydrogen) atoms. The average molecular weight is 453 g/mol. The van der Waals surface area contributed by atoms with Gasteiger partial charge in [0.15, 0.2) is 0 Å². The van der Waals surface area contributed by atoms with Crippen LogP contribution in [-0.2, 0) is 10.0 Å². The number of hydrogen-bond acceptors (Lipinski definition) is 4. The van der Waals surface area contributed by atoms with Crippen LogP contribution in [0.3, 0.4) is 0 Å². The molecular formula is C25H28N2O4S. The molecule has 0 saturated heterocycles. The highest BCUT2D eigenvalue weighted by molar-refractivity contribution is 7.92. The second-order valence-corrected chi connectivity index (χ2v) is 9.35. The van der Waals surface area contributed by atoms with Crippen molar-refractivity contribution < 1.29 is 17.9 Å². The maximum atomic E-state index is 12.9. The Kier molecular flexibility index (Phi) is 7.20. The first kappa shape index (κ1) is 23.3. The zero-order chi connectivity index (χ0) is 23.3. The van der Waals surface area contributed by atoms with Gasteiger partial charge in [-0.25, -0.2) is 8.42 Å². The second kappa shape index (κ2) is 9.87. The van der Waals surface area contributed by atoms with Crippen molar-refractivity contribution in [2.45, 2.75) is 38.1 Å². The van der Waals surface area contributed by atoms with Gasteiger partial charge >= 0.3 is 0 Å². The maximum absolute atomic E-state index is 12.9. The zero-order valence-corrected chi connectivity index (χ0v) is 19.5. The summed E-state index contributed by atoms with van der Waals surface area (Å²) in [6, 6.07) is 18.7. The van der Waals surface area contributed by atoms with Crippen molar-refractivity contribution in [1.82, 2.24) is 5.32 Å². The monoisotopic (exact) mass is 452 g/mol. The summed E-state index contributed by atoms with van der Waals surface area (Å²) in [5, 5.41) is 3.03. The van der Waals surface area contributed by atoms with Crippen LogP contribution >= 0.6 is 0 Å². The van der Waals surface area contributed by atoms with E-state index in [4.69, 9.17) is 4.74 Å². The lowest BCUT2D eigenvalue weighted by molar-refractivity contribution is 0.0935. The molecule has 0 bridgehead atoms. The number of ether oxygens (including phenoxy) is 1. The predicted molar refractivity (Wildman–Crippen MR) is 127 cm³/mol. The van der Waals surface area contributed by atoms with E-state index in [1.165, 1.54) is 6.07 Å². The van der Waals surface area contributed by atoms with E-state index in [0.29, 0.717) is 17.7 Å². The molecule has 3 rings (SSSR count). The van der Waals surface area contributed by atoms with Crippen LogP contribution in [0.1, 0.15) is 46.4 Å². The standard InChI is InChI=1S/C25H28N2O4S/c1-5-23(19-11-14-24(31-4)18(3)15-19)26-25(28)20-7-6-8-21(16-20)27-32(29,30)22-12-9-17(2)10-13-22/h6-16,23,27H,5H2,1-4H3,(H,26,28)/t23-/m0/s1. The Morgan fingerprint density at radius 1 is 1.00 bits per heavy atom. The van der Waals surface area contributed by atoms with Crippen LogP contribution in [0.2, 0.25) is 0 Å². The number of sulfonamides is 1. The molecule has 0 radical (unpaired) electrons. The van der Waals surface area contributed by atoms with Gasteiger partial charge in [0, 0.05) is 11.3 Å². The van der Waals surface area contributed by atoms with E-state index in [9.17, 15) is 13.2 Å². The van der Waals surface area contributed by atoms with Gasteiger partial charge in [-0.2, -0.15) is 0 Å². The second-order valence-electron chi connectivity index (χ2n) is 7.66. The highest BCUT2D eigenvalue weighted by Crippen LogP contribution is 2.25. The lowest BCUT2D eigenvalue weighted by Gasteiger charge is -2.19. The molecule has 2 N–H and O–H groups in total. The molecule has 0 aliphatic carbocycles. The van der Waals surface area contributed by atoms with Crippen molar-refractivity contribution in [2.24, 2.45) is 0 Å². The van der Waals surface area contributed by atoms with E-state index in [-0.39, 0.29) is 16.8 Å². The molecule has 0 aliphatic rings. The molecule has 7 heteroatoms. The Morgan fingerprint density at radius 2 is 1.72 bits per heavy atom. The highest BCUT2D eigenvalue weighted by Gasteiger charge is 2.18. The molecule has 0 fully saturated rings. The minimum Gasteiger partial charge on any atom is -0.496 e. The largest absolute Gasteiger partial charge is 0.496 e. The molecule has 0 heterocycles. The molecule has 0 spiro atoms. The quantitative estimate of drug-likeness (QED) is 0.504. The number of benzene rings is 3. The van der Waals surface area contributed by atoms with Crippen LogP contribution in [-0.4, -0.2) is 21.4 Å². The average Bonchev–Trinajstić information content (AvgIpc) is 2.77. The molecule has 0 aliphatic heterocycles. The van der Waals surface area contributed by atoms with Crippen molar-refractivity contribution in [3.63, 3.8) is 0 Å². The first-order chi connectivity index (χ1) is 15.2. The smallest absolute Gasteiger partial charge is 0.261 e. The van der Waals surface area contributed by atoms with Gasteiger partial charge < -0.3 is 10.1 Å². The number of hydrogen-bond donors (Lipinski definition) is 2. The maximum Gasteiger partial charge on any atom is 0.261 e. The third kappa shape index (κ3) is 5.48. The number of nitrogens with one attached hydrogen (secondary N) is 2. The van der Waals surface area contributed by atoms with Crippen molar-refractivity contribution in [1.29, 1.82) is 0 Å². The number of rotatable bonds is 8. The van der Waals surface area contributed by atoms with Crippen LogP contribution < -0.4 is 14.8 Å². The summed E-state index contributed by atoms with van der Waals surface area (Å²) in [7, 11) is -2.12. The summed E-state index contributed by atoms with van der Waals surface area (Å²) in [5.74, 6) is 0.519. The number of methoxy groups -OCH3 is 1. The zero-order valence-electron chi connectivity index (χ0n) is 18.7. The third-order valence-corrected chi connectivity index (χ3v) is 6.64. The van der Waals surface area contributed by atoms with Crippen LogP contribution in [0.15, 0.2) is 71.6 Å². The molecule has 3 aromatic carbocycles.